The first-order valence-electron chi connectivity index (χ1n) is 3.68. The maximum absolute atomic E-state index is 13.1. The largest absolute Gasteiger partial charge is 0.298 e. The summed E-state index contributed by atoms with van der Waals surface area (Å²) in [5, 5.41) is 0. The van der Waals surface area contributed by atoms with E-state index in [4.69, 9.17) is 11.6 Å². The third-order valence-electron chi connectivity index (χ3n) is 1.50. The number of carbonyl (C=O) groups excluding carboxylic acids is 1. The molecule has 0 bridgehead atoms. The van der Waals surface area contributed by atoms with Crippen molar-refractivity contribution in [3.8, 4) is 11.8 Å². The Hall–Kier alpha value is -1.40. The fraction of sp³-hybridized carbons (Fsp3) is 0.100. The molecule has 0 aliphatic rings. The van der Waals surface area contributed by atoms with Gasteiger partial charge in [0.15, 0.2) is 6.29 Å². The molecule has 0 heterocycles. The zero-order chi connectivity index (χ0) is 10.6. The molecule has 0 aliphatic heterocycles. The molecular weight excluding hydrogens is 210 g/mol. The minimum Gasteiger partial charge on any atom is -0.298 e. The topological polar surface area (TPSA) is 17.1 Å². The summed E-state index contributed by atoms with van der Waals surface area (Å²) in [6.45, 7) is 0. The fourth-order valence-electron chi connectivity index (χ4n) is 0.877. The van der Waals surface area contributed by atoms with Crippen molar-refractivity contribution >= 4 is 17.9 Å². The second kappa shape index (κ2) is 4.73. The molecule has 0 N–H and O–H groups in total. The molecule has 4 heteroatoms. The van der Waals surface area contributed by atoms with E-state index in [1.807, 2.05) is 0 Å². The van der Waals surface area contributed by atoms with Crippen LogP contribution in [0.1, 0.15) is 15.9 Å². The fourth-order valence-corrected chi connectivity index (χ4v) is 0.944. The first kappa shape index (κ1) is 10.7. The maximum Gasteiger partial charge on any atom is 0.153 e. The molecule has 14 heavy (non-hydrogen) atoms. The zero-order valence-corrected chi connectivity index (χ0v) is 7.74. The molecule has 1 rings (SSSR count). The van der Waals surface area contributed by atoms with Crippen molar-refractivity contribution in [2.75, 3.05) is 5.88 Å². The van der Waals surface area contributed by atoms with Crippen molar-refractivity contribution in [2.24, 2.45) is 0 Å². The summed E-state index contributed by atoms with van der Waals surface area (Å²) >= 11 is 5.26. The van der Waals surface area contributed by atoms with Crippen molar-refractivity contribution < 1.29 is 13.6 Å². The van der Waals surface area contributed by atoms with Crippen LogP contribution >= 0.6 is 11.6 Å². The molecule has 0 atom stereocenters. The summed E-state index contributed by atoms with van der Waals surface area (Å²) in [6, 6.07) is 1.68. The molecule has 0 amide bonds. The van der Waals surface area contributed by atoms with Crippen LogP contribution in [0.3, 0.4) is 0 Å². The third kappa shape index (κ3) is 2.30. The van der Waals surface area contributed by atoms with Crippen LogP contribution in [0, 0.1) is 23.5 Å². The van der Waals surface area contributed by atoms with Crippen LogP contribution in [0.5, 0.6) is 0 Å². The van der Waals surface area contributed by atoms with Crippen LogP contribution in [0.25, 0.3) is 0 Å². The molecule has 0 aliphatic carbocycles. The number of hydrogen-bond donors (Lipinski definition) is 0. The Labute approximate surface area is 84.7 Å². The summed E-state index contributed by atoms with van der Waals surface area (Å²) in [7, 11) is 0. The molecule has 1 nitrogen and oxygen atoms in total. The van der Waals surface area contributed by atoms with Crippen molar-refractivity contribution in [1.29, 1.82) is 0 Å². The van der Waals surface area contributed by atoms with Gasteiger partial charge in [0.05, 0.1) is 17.0 Å². The highest BCUT2D eigenvalue weighted by atomic mass is 35.5. The molecule has 0 saturated carbocycles. The molecule has 1 aromatic carbocycles. The van der Waals surface area contributed by atoms with Gasteiger partial charge in [-0.2, -0.15) is 0 Å². The predicted molar refractivity (Wildman–Crippen MR) is 49.3 cm³/mol. The zero-order valence-electron chi connectivity index (χ0n) is 6.98. The van der Waals surface area contributed by atoms with Crippen LogP contribution < -0.4 is 0 Å². The minimum absolute atomic E-state index is 0.0382. The Bertz CT molecular complexity index is 418. The molecule has 1 aromatic rings. The Morgan fingerprint density at radius 2 is 2.07 bits per heavy atom. The molecule has 0 spiro atoms. The van der Waals surface area contributed by atoms with Gasteiger partial charge in [0.1, 0.15) is 11.6 Å². The van der Waals surface area contributed by atoms with Gasteiger partial charge >= 0.3 is 0 Å². The van der Waals surface area contributed by atoms with E-state index in [0.717, 1.165) is 12.1 Å². The van der Waals surface area contributed by atoms with Gasteiger partial charge in [-0.15, -0.1) is 11.6 Å². The quantitative estimate of drug-likeness (QED) is 0.399. The third-order valence-corrected chi connectivity index (χ3v) is 1.64. The highest BCUT2D eigenvalue weighted by Gasteiger charge is 2.07. The molecule has 0 saturated heterocycles. The summed E-state index contributed by atoms with van der Waals surface area (Å²) < 4.78 is 26.0. The minimum atomic E-state index is -0.791. The second-order valence-electron chi connectivity index (χ2n) is 2.41. The van der Waals surface area contributed by atoms with Gasteiger partial charge in [-0.05, 0) is 12.1 Å². The van der Waals surface area contributed by atoms with Crippen LogP contribution in [-0.4, -0.2) is 12.2 Å². The summed E-state index contributed by atoms with van der Waals surface area (Å²) in [4.78, 5) is 10.2. The van der Waals surface area contributed by atoms with Gasteiger partial charge < -0.3 is 0 Å². The SMILES string of the molecule is O=Cc1cc(F)c(C#CCCl)cc1F. The molecule has 72 valence electrons. The van der Waals surface area contributed by atoms with E-state index in [9.17, 15) is 13.6 Å². The molecule has 0 aromatic heterocycles. The summed E-state index contributed by atoms with van der Waals surface area (Å²) in [5.41, 5.74) is -0.423. The van der Waals surface area contributed by atoms with Crippen LogP contribution in [0.15, 0.2) is 12.1 Å². The lowest BCUT2D eigenvalue weighted by Gasteiger charge is -1.97. The number of benzene rings is 1. The molecule has 0 unspecified atom stereocenters. The van der Waals surface area contributed by atoms with Gasteiger partial charge in [-0.25, -0.2) is 8.78 Å². The van der Waals surface area contributed by atoms with E-state index in [-0.39, 0.29) is 23.3 Å². The van der Waals surface area contributed by atoms with E-state index in [2.05, 4.69) is 11.8 Å². The van der Waals surface area contributed by atoms with Crippen molar-refractivity contribution in [2.45, 2.75) is 0 Å². The van der Waals surface area contributed by atoms with Crippen LogP contribution in [0.2, 0.25) is 0 Å². The normalized spacial score (nSPS) is 9.07. The molecular formula is C10H5ClF2O. The second-order valence-corrected chi connectivity index (χ2v) is 2.67. The van der Waals surface area contributed by atoms with E-state index in [1.165, 1.54) is 0 Å². The maximum atomic E-state index is 13.1. The lowest BCUT2D eigenvalue weighted by atomic mass is 10.1. The first-order valence-corrected chi connectivity index (χ1v) is 4.21. The molecule has 0 radical (unpaired) electrons. The number of rotatable bonds is 1. The standard InChI is InChI=1S/C10H5ClF2O/c11-3-1-2-7-4-10(13)8(6-14)5-9(7)12/h4-6H,3H2. The Kier molecular flexibility index (Phi) is 3.61. The van der Waals surface area contributed by atoms with E-state index >= 15 is 0 Å². The smallest absolute Gasteiger partial charge is 0.153 e. The number of aldehydes is 1. The van der Waals surface area contributed by atoms with E-state index in [1.54, 1.807) is 0 Å². The highest BCUT2D eigenvalue weighted by molar-refractivity contribution is 6.19. The number of carbonyl (C=O) groups is 1. The molecule has 0 fully saturated rings. The highest BCUT2D eigenvalue weighted by Crippen LogP contribution is 2.12. The van der Waals surface area contributed by atoms with Crippen molar-refractivity contribution in [3.05, 3.63) is 34.9 Å². The van der Waals surface area contributed by atoms with Crippen molar-refractivity contribution in [1.82, 2.24) is 0 Å². The Morgan fingerprint density at radius 1 is 1.36 bits per heavy atom. The summed E-state index contributed by atoms with van der Waals surface area (Å²) in [5.74, 6) is 3.25. The van der Waals surface area contributed by atoms with Crippen molar-refractivity contribution in [3.63, 3.8) is 0 Å². The van der Waals surface area contributed by atoms with E-state index in [0.29, 0.717) is 0 Å². The Morgan fingerprint density at radius 3 is 2.64 bits per heavy atom. The average Bonchev–Trinajstić information content (AvgIpc) is 2.18. The van der Waals surface area contributed by atoms with Gasteiger partial charge in [-0.1, -0.05) is 11.8 Å². The lowest BCUT2D eigenvalue weighted by molar-refractivity contribution is 0.111. The van der Waals surface area contributed by atoms with Crippen LogP contribution in [0.4, 0.5) is 8.78 Å². The predicted octanol–water partition coefficient (Wildman–Crippen LogP) is 2.37. The van der Waals surface area contributed by atoms with Gasteiger partial charge in [0.25, 0.3) is 0 Å². The first-order chi connectivity index (χ1) is 6.69. The Balaban J connectivity index is 3.21. The van der Waals surface area contributed by atoms with E-state index < -0.39 is 11.6 Å². The van der Waals surface area contributed by atoms with Gasteiger partial charge in [0.2, 0.25) is 0 Å². The van der Waals surface area contributed by atoms with Crippen LogP contribution in [-0.2, 0) is 0 Å². The average molecular weight is 215 g/mol. The van der Waals surface area contributed by atoms with Gasteiger partial charge in [0, 0.05) is 0 Å². The number of alkyl halides is 1. The lowest BCUT2D eigenvalue weighted by Crippen LogP contribution is -1.93. The monoisotopic (exact) mass is 214 g/mol. The number of halogens is 3. The van der Waals surface area contributed by atoms with Gasteiger partial charge in [-0.3, -0.25) is 4.79 Å². The summed E-state index contributed by atoms with van der Waals surface area (Å²) in [6.07, 6.45) is 0.247. The number of hydrogen-bond acceptors (Lipinski definition) is 1.